The Bertz CT molecular complexity index is 905. The Hall–Kier alpha value is -2.66. The van der Waals surface area contributed by atoms with E-state index in [0.29, 0.717) is 34.9 Å². The van der Waals surface area contributed by atoms with Crippen molar-refractivity contribution in [1.82, 2.24) is 0 Å². The number of piperidine rings is 1. The number of halogens is 1. The van der Waals surface area contributed by atoms with Gasteiger partial charge >= 0.3 is 0 Å². The first-order chi connectivity index (χ1) is 13.0. The van der Waals surface area contributed by atoms with Gasteiger partial charge in [-0.2, -0.15) is 0 Å². The molecule has 2 aliphatic rings. The van der Waals surface area contributed by atoms with E-state index in [2.05, 4.69) is 6.92 Å². The molecule has 5 heteroatoms. The van der Waals surface area contributed by atoms with Gasteiger partial charge in [0.1, 0.15) is 18.1 Å². The fourth-order valence-corrected chi connectivity index (χ4v) is 3.99. The molecule has 4 rings (SSSR count). The standard InChI is InChI=1S/C22H22FNO3/c1-14-3-2-10-24(12-14)13-18-19(25)9-8-17-21(26)20(27-22(17)18)11-15-4-6-16(23)7-5-15/h4-9,11,14,25H,2-3,10,12-13H2,1H3/p+1/b20-11-/t14-/m1/s1. The number of rotatable bonds is 3. The number of allylic oxidation sites excluding steroid dienone is 1. The zero-order chi connectivity index (χ0) is 19.0. The number of ketones is 1. The topological polar surface area (TPSA) is 51.0 Å². The van der Waals surface area contributed by atoms with Gasteiger partial charge in [0, 0.05) is 5.92 Å². The lowest BCUT2D eigenvalue weighted by Gasteiger charge is -2.28. The summed E-state index contributed by atoms with van der Waals surface area (Å²) in [6.45, 7) is 4.99. The van der Waals surface area contributed by atoms with E-state index in [1.54, 1.807) is 30.3 Å². The van der Waals surface area contributed by atoms with E-state index >= 15 is 0 Å². The lowest BCUT2D eigenvalue weighted by Crippen LogP contribution is -3.12. The van der Waals surface area contributed by atoms with E-state index < -0.39 is 0 Å². The zero-order valence-corrected chi connectivity index (χ0v) is 15.3. The van der Waals surface area contributed by atoms with Gasteiger partial charge in [0.05, 0.1) is 24.2 Å². The average molecular weight is 368 g/mol. The second-order valence-electron chi connectivity index (χ2n) is 7.56. The highest BCUT2D eigenvalue weighted by molar-refractivity contribution is 6.14. The number of Topliss-reactive ketones (excluding diaryl/α,β-unsaturated/α-hetero) is 1. The largest absolute Gasteiger partial charge is 0.507 e. The smallest absolute Gasteiger partial charge is 0.231 e. The summed E-state index contributed by atoms with van der Waals surface area (Å²) in [5.74, 6) is 0.937. The van der Waals surface area contributed by atoms with Crippen LogP contribution in [0, 0.1) is 11.7 Å². The molecule has 27 heavy (non-hydrogen) atoms. The Kier molecular flexibility index (Phi) is 4.70. The third kappa shape index (κ3) is 3.60. The Morgan fingerprint density at radius 3 is 2.78 bits per heavy atom. The van der Waals surface area contributed by atoms with E-state index in [0.717, 1.165) is 13.1 Å². The lowest BCUT2D eigenvalue weighted by atomic mass is 9.99. The van der Waals surface area contributed by atoms with Gasteiger partial charge in [0.2, 0.25) is 5.78 Å². The van der Waals surface area contributed by atoms with Crippen LogP contribution in [0.2, 0.25) is 0 Å². The van der Waals surface area contributed by atoms with Gasteiger partial charge in [0.25, 0.3) is 0 Å². The van der Waals surface area contributed by atoms with Crippen molar-refractivity contribution >= 4 is 11.9 Å². The normalized spacial score (nSPS) is 23.3. The number of quaternary nitrogens is 1. The highest BCUT2D eigenvalue weighted by Crippen LogP contribution is 2.39. The zero-order valence-electron chi connectivity index (χ0n) is 15.3. The van der Waals surface area contributed by atoms with Crippen LogP contribution in [0.3, 0.4) is 0 Å². The number of phenols is 1. The SMILES string of the molecule is C[C@@H]1CCC[NH+](Cc2c(O)ccc3c2O/C(=C\c2ccc(F)cc2)C3=O)C1. The van der Waals surface area contributed by atoms with Gasteiger partial charge in [-0.3, -0.25) is 4.79 Å². The summed E-state index contributed by atoms with van der Waals surface area (Å²) >= 11 is 0. The van der Waals surface area contributed by atoms with Crippen LogP contribution >= 0.6 is 0 Å². The quantitative estimate of drug-likeness (QED) is 0.819. The van der Waals surface area contributed by atoms with Crippen molar-refractivity contribution in [1.29, 1.82) is 0 Å². The van der Waals surface area contributed by atoms with Gasteiger partial charge in [-0.05, 0) is 48.7 Å². The van der Waals surface area contributed by atoms with Crippen LogP contribution in [0.5, 0.6) is 11.5 Å². The van der Waals surface area contributed by atoms with Gasteiger partial charge in [0.15, 0.2) is 11.5 Å². The molecule has 2 aromatic rings. The van der Waals surface area contributed by atoms with Gasteiger partial charge < -0.3 is 14.7 Å². The maximum atomic E-state index is 13.1. The number of hydrogen-bond donors (Lipinski definition) is 2. The third-order valence-electron chi connectivity index (χ3n) is 5.38. The first-order valence-corrected chi connectivity index (χ1v) is 9.39. The summed E-state index contributed by atoms with van der Waals surface area (Å²) < 4.78 is 19.0. The van der Waals surface area contributed by atoms with Crippen molar-refractivity contribution in [2.24, 2.45) is 5.92 Å². The average Bonchev–Trinajstić information content (AvgIpc) is 2.96. The van der Waals surface area contributed by atoms with Crippen LogP contribution < -0.4 is 9.64 Å². The molecule has 1 unspecified atom stereocenters. The van der Waals surface area contributed by atoms with E-state index in [1.807, 2.05) is 0 Å². The molecule has 4 nitrogen and oxygen atoms in total. The van der Waals surface area contributed by atoms with Crippen molar-refractivity contribution in [2.45, 2.75) is 26.3 Å². The van der Waals surface area contributed by atoms with E-state index in [9.17, 15) is 14.3 Å². The summed E-state index contributed by atoms with van der Waals surface area (Å²) in [6, 6.07) is 9.06. The minimum absolute atomic E-state index is 0.162. The maximum Gasteiger partial charge on any atom is 0.231 e. The number of hydrogen-bond acceptors (Lipinski definition) is 3. The summed E-state index contributed by atoms with van der Waals surface area (Å²) in [5.41, 5.74) is 1.85. The summed E-state index contributed by atoms with van der Waals surface area (Å²) in [4.78, 5) is 14.1. The first-order valence-electron chi connectivity index (χ1n) is 9.39. The minimum Gasteiger partial charge on any atom is -0.507 e. The number of nitrogens with one attached hydrogen (secondary N) is 1. The summed E-state index contributed by atoms with van der Waals surface area (Å²) in [5, 5.41) is 10.4. The van der Waals surface area contributed by atoms with Gasteiger partial charge in [-0.1, -0.05) is 19.1 Å². The number of aromatic hydroxyl groups is 1. The molecule has 2 aliphatic heterocycles. The molecule has 0 aromatic heterocycles. The highest BCUT2D eigenvalue weighted by Gasteiger charge is 2.33. The minimum atomic E-state index is -0.329. The van der Waals surface area contributed by atoms with Crippen LogP contribution in [0.25, 0.3) is 6.08 Å². The molecule has 2 N–H and O–H groups in total. The number of phenolic OH excluding ortho intramolecular Hbond substituents is 1. The van der Waals surface area contributed by atoms with Crippen LogP contribution in [0.1, 0.15) is 41.3 Å². The van der Waals surface area contributed by atoms with Crippen molar-refractivity contribution < 1.29 is 23.9 Å². The van der Waals surface area contributed by atoms with Crippen LogP contribution in [0.4, 0.5) is 4.39 Å². The van der Waals surface area contributed by atoms with Gasteiger partial charge in [-0.15, -0.1) is 0 Å². The molecule has 0 saturated carbocycles. The number of fused-ring (bicyclic) bond motifs is 1. The Morgan fingerprint density at radius 1 is 1.26 bits per heavy atom. The van der Waals surface area contributed by atoms with E-state index in [4.69, 9.17) is 4.74 Å². The van der Waals surface area contributed by atoms with Crippen LogP contribution in [-0.2, 0) is 6.54 Å². The fraction of sp³-hybridized carbons (Fsp3) is 0.318. The third-order valence-corrected chi connectivity index (χ3v) is 5.38. The second-order valence-corrected chi connectivity index (χ2v) is 7.56. The molecular weight excluding hydrogens is 345 g/mol. The molecule has 1 saturated heterocycles. The van der Waals surface area contributed by atoms with Crippen LogP contribution in [-0.4, -0.2) is 24.0 Å². The predicted molar refractivity (Wildman–Crippen MR) is 100 cm³/mol. The molecule has 140 valence electrons. The molecule has 0 aliphatic carbocycles. The predicted octanol–water partition coefficient (Wildman–Crippen LogP) is 2.96. The first kappa shape index (κ1) is 17.7. The fourth-order valence-electron chi connectivity index (χ4n) is 3.99. The van der Waals surface area contributed by atoms with Gasteiger partial charge in [-0.25, -0.2) is 4.39 Å². The Balaban J connectivity index is 1.63. The molecule has 0 spiro atoms. The number of likely N-dealkylation sites (tertiary alicyclic amines) is 1. The molecule has 2 atom stereocenters. The van der Waals surface area contributed by atoms with Crippen molar-refractivity contribution in [3.05, 3.63) is 64.7 Å². The monoisotopic (exact) mass is 368 g/mol. The Labute approximate surface area is 157 Å². The van der Waals surface area contributed by atoms with E-state index in [1.165, 1.54) is 29.9 Å². The molecule has 0 amide bonds. The van der Waals surface area contributed by atoms with Crippen molar-refractivity contribution in [2.75, 3.05) is 13.1 Å². The molecule has 0 bridgehead atoms. The molecule has 2 aromatic carbocycles. The van der Waals surface area contributed by atoms with Crippen molar-refractivity contribution in [3.63, 3.8) is 0 Å². The van der Waals surface area contributed by atoms with Crippen LogP contribution in [0.15, 0.2) is 42.2 Å². The Morgan fingerprint density at radius 2 is 2.04 bits per heavy atom. The number of carbonyl (C=O) groups excluding carboxylic acids is 1. The molecule has 2 heterocycles. The number of ether oxygens (including phenoxy) is 1. The molecule has 1 fully saturated rings. The van der Waals surface area contributed by atoms with Crippen molar-refractivity contribution in [3.8, 4) is 11.5 Å². The van der Waals surface area contributed by atoms with E-state index in [-0.39, 0.29) is 23.1 Å². The maximum absolute atomic E-state index is 13.1. The number of carbonyl (C=O) groups is 1. The highest BCUT2D eigenvalue weighted by atomic mass is 19.1. The second kappa shape index (κ2) is 7.16. The summed E-state index contributed by atoms with van der Waals surface area (Å²) in [7, 11) is 0. The lowest BCUT2D eigenvalue weighted by molar-refractivity contribution is -0.922. The number of benzene rings is 2. The molecule has 0 radical (unpaired) electrons. The molecular formula is C22H23FNO3+. The summed E-state index contributed by atoms with van der Waals surface area (Å²) in [6.07, 6.45) is 4.02.